The number of cyclic esters (lactones) is 14. The fourth-order valence-electron chi connectivity index (χ4n) is 8.49. The Morgan fingerprint density at radius 2 is 0.263 bits per heavy atom. The molecule has 0 aromatic heterocycles. The van der Waals surface area contributed by atoms with Crippen LogP contribution in [-0.4, -0.2) is 125 Å². The molecule has 1 radical (unpaired) electrons. The number of aromatic carboxylic acids is 7. The number of ether oxygens (including phenoxy) is 7. The molecule has 7 aliphatic heterocycles. The predicted octanol–water partition coefficient (Wildman–Crippen LogP) is -4.48. The van der Waals surface area contributed by atoms with Gasteiger partial charge in [-0.3, -0.25) is 0 Å². The Hall–Kier alpha value is -14.7. The molecule has 36 heteroatoms. The molecule has 35 nitrogen and oxygen atoms in total. The Bertz CT molecular complexity index is 4090. The summed E-state index contributed by atoms with van der Waals surface area (Å²) in [4.78, 5) is 227. The summed E-state index contributed by atoms with van der Waals surface area (Å²) >= 11 is 0. The normalized spacial score (nSPS) is 13.6. The monoisotopic (exact) mass is 1390 g/mol. The molecule has 0 atom stereocenters. The van der Waals surface area contributed by atoms with Crippen LogP contribution in [0.3, 0.4) is 0 Å². The summed E-state index contributed by atoms with van der Waals surface area (Å²) in [5.41, 5.74) is -0.732. The Balaban J connectivity index is 0.000000162. The van der Waals surface area contributed by atoms with Gasteiger partial charge in [0.25, 0.3) is 0 Å². The van der Waals surface area contributed by atoms with Gasteiger partial charge in [0.15, 0.2) is 0 Å². The number of benzene rings is 7. The van der Waals surface area contributed by atoms with Crippen molar-refractivity contribution < 1.29 is 187 Å². The van der Waals surface area contributed by atoms with Crippen LogP contribution < -0.4 is 35.7 Å². The van der Waals surface area contributed by atoms with Crippen LogP contribution in [0, 0.1) is 0 Å². The van der Waals surface area contributed by atoms with E-state index in [0.29, 0.717) is 0 Å². The minimum atomic E-state index is -1.40. The van der Waals surface area contributed by atoms with E-state index in [9.17, 15) is 136 Å². The van der Waals surface area contributed by atoms with Crippen molar-refractivity contribution >= 4 is 125 Å². The van der Waals surface area contributed by atoms with Gasteiger partial charge in [-0.1, -0.05) is 42.5 Å². The summed E-state index contributed by atoms with van der Waals surface area (Å²) in [6, 6.07) is 24.4. The molecule has 7 aliphatic rings. The number of carboxylic acids is 7. The Kier molecular flexibility index (Phi) is 21.1. The van der Waals surface area contributed by atoms with Crippen LogP contribution in [0.5, 0.6) is 0 Å². The Morgan fingerprint density at radius 3 is 0.354 bits per heavy atom. The number of hydrogen-bond acceptors (Lipinski definition) is 35. The SMILES string of the molecule is O=C([O-])c1ccc2c(c1)C(=O)OC2=O.O=C([O-])c1ccc2c(c1)C(=O)OC2=O.O=C([O-])c1ccc2c(c1)C(=O)OC2=O.O=C([O-])c1ccc2c(c1)C(=O)OC2=O.O=C([O-])c1ccc2c(c1)C(=O)OC2=O.O=C([O-])c1ccc2c(c1)C(=O)OC2=O.O=C([O-])c1ccc2c(c1)C(=O)OC2=O.[Mn]. The number of fused-ring (bicyclic) bond motifs is 7. The van der Waals surface area contributed by atoms with Crippen LogP contribution in [0.2, 0.25) is 0 Å². The maximum absolute atomic E-state index is 11.0. The fraction of sp³-hybridized carbons (Fsp3) is 0. The van der Waals surface area contributed by atoms with Crippen molar-refractivity contribution in [3.05, 3.63) is 244 Å². The molecule has 0 aliphatic carbocycles. The summed E-state index contributed by atoms with van der Waals surface area (Å²) in [6.45, 7) is 0. The topological polar surface area (TPSA) is 584 Å². The first kappa shape index (κ1) is 71.8. The number of carboxylic acid groups (broad SMARTS) is 7. The van der Waals surface area contributed by atoms with Crippen molar-refractivity contribution in [2.45, 2.75) is 0 Å². The van der Waals surface area contributed by atoms with Crippen molar-refractivity contribution in [3.8, 4) is 0 Å². The quantitative estimate of drug-likeness (QED) is 0.0628. The van der Waals surface area contributed by atoms with Crippen molar-refractivity contribution in [3.63, 3.8) is 0 Å². The Morgan fingerprint density at radius 1 is 0.172 bits per heavy atom. The van der Waals surface area contributed by atoms with E-state index < -0.39 is 125 Å². The third-order valence-electron chi connectivity index (χ3n) is 13.2. The first-order valence-corrected chi connectivity index (χ1v) is 26.0. The summed E-state index contributed by atoms with van der Waals surface area (Å²) in [5, 5.41) is 73.1. The summed E-state index contributed by atoms with van der Waals surface area (Å²) in [6.07, 6.45) is 0. The van der Waals surface area contributed by atoms with Gasteiger partial charge in [0.1, 0.15) is 0 Å². The van der Waals surface area contributed by atoms with Crippen molar-refractivity contribution in [1.82, 2.24) is 0 Å². The zero-order valence-corrected chi connectivity index (χ0v) is 49.0. The van der Waals surface area contributed by atoms with Crippen LogP contribution in [0.4, 0.5) is 0 Å². The zero-order valence-electron chi connectivity index (χ0n) is 47.8. The first-order chi connectivity index (χ1) is 46.1. The molecule has 0 bridgehead atoms. The standard InChI is InChI=1S/7C9H4O5.Mn/c7*10-7(11)4-1-2-5-6(3-4)9(13)14-8(5)12;/h7*1-3H,(H,10,11);/p-7. The second-order valence-corrected chi connectivity index (χ2v) is 19.1. The first-order valence-electron chi connectivity index (χ1n) is 26.0. The van der Waals surface area contributed by atoms with Gasteiger partial charge in [0, 0.05) is 17.1 Å². The fourth-order valence-corrected chi connectivity index (χ4v) is 8.49. The van der Waals surface area contributed by atoms with E-state index in [1.54, 1.807) is 0 Å². The number of rotatable bonds is 7. The zero-order chi connectivity index (χ0) is 72.0. The van der Waals surface area contributed by atoms with E-state index in [-0.39, 0.29) is 134 Å². The molecule has 0 unspecified atom stereocenters. The summed E-state index contributed by atoms with van der Waals surface area (Å²) in [7, 11) is 0. The van der Waals surface area contributed by atoms with Crippen molar-refractivity contribution in [2.24, 2.45) is 0 Å². The van der Waals surface area contributed by atoms with Crippen LogP contribution in [0.1, 0.15) is 218 Å². The van der Waals surface area contributed by atoms with Gasteiger partial charge < -0.3 is 102 Å². The van der Waals surface area contributed by atoms with Gasteiger partial charge in [0.05, 0.1) is 120 Å². The molecule has 14 rings (SSSR count). The number of esters is 14. The van der Waals surface area contributed by atoms with E-state index in [2.05, 4.69) is 33.2 Å². The molecule has 0 amide bonds. The predicted molar refractivity (Wildman–Crippen MR) is 284 cm³/mol. The molecule has 497 valence electrons. The van der Waals surface area contributed by atoms with Gasteiger partial charge in [-0.2, -0.15) is 0 Å². The minimum absolute atomic E-state index is 0. The molecule has 0 saturated carbocycles. The second-order valence-electron chi connectivity index (χ2n) is 19.1. The molecule has 7 heterocycles. The van der Waals surface area contributed by atoms with Gasteiger partial charge in [-0.25, -0.2) is 67.1 Å². The Labute approximate surface area is 554 Å². The van der Waals surface area contributed by atoms with Gasteiger partial charge >= 0.3 is 83.6 Å². The third kappa shape index (κ3) is 15.5. The molecular weight excluding hydrogens is 1370 g/mol. The number of carbonyl (C=O) groups is 21. The minimum Gasteiger partial charge on any atom is -0.545 e. The van der Waals surface area contributed by atoms with Crippen LogP contribution in [-0.2, 0) is 50.2 Å². The molecular formula is C63H21MnO35-7. The van der Waals surface area contributed by atoms with E-state index in [0.717, 1.165) is 42.5 Å². The average Bonchev–Trinajstić information content (AvgIpc) is 1.75. The van der Waals surface area contributed by atoms with E-state index in [4.69, 9.17) is 0 Å². The van der Waals surface area contributed by atoms with E-state index >= 15 is 0 Å². The molecule has 0 fully saturated rings. The number of carbonyl (C=O) groups excluding carboxylic acids is 21. The van der Waals surface area contributed by atoms with Crippen molar-refractivity contribution in [1.29, 1.82) is 0 Å². The maximum Gasteiger partial charge on any atom is 0.346 e. The second kappa shape index (κ2) is 29.1. The molecule has 0 N–H and O–H groups in total. The largest absolute Gasteiger partial charge is 0.545 e. The molecule has 0 saturated heterocycles. The van der Waals surface area contributed by atoms with Crippen molar-refractivity contribution in [2.75, 3.05) is 0 Å². The maximum atomic E-state index is 11.0. The van der Waals surface area contributed by atoms with Gasteiger partial charge in [0.2, 0.25) is 0 Å². The van der Waals surface area contributed by atoms with E-state index in [1.165, 1.54) is 84.9 Å². The van der Waals surface area contributed by atoms with E-state index in [1.807, 2.05) is 0 Å². The van der Waals surface area contributed by atoms with Crippen LogP contribution in [0.25, 0.3) is 0 Å². The molecule has 7 aromatic rings. The smallest absolute Gasteiger partial charge is 0.346 e. The molecule has 0 spiro atoms. The summed E-state index contributed by atoms with van der Waals surface area (Å²) < 4.78 is 29.9. The summed E-state index contributed by atoms with van der Waals surface area (Å²) in [5.74, 6) is -20.9. The third-order valence-corrected chi connectivity index (χ3v) is 13.2. The molecule has 7 aromatic carbocycles. The number of hydrogen-bond donors (Lipinski definition) is 0. The van der Waals surface area contributed by atoms with Gasteiger partial charge in [-0.15, -0.1) is 0 Å². The van der Waals surface area contributed by atoms with Gasteiger partial charge in [-0.05, 0) is 124 Å². The van der Waals surface area contributed by atoms with Crippen LogP contribution >= 0.6 is 0 Å². The average molecular weight is 1390 g/mol. The molecule has 99 heavy (non-hydrogen) atoms. The van der Waals surface area contributed by atoms with Crippen LogP contribution in [0.15, 0.2) is 127 Å².